The van der Waals surface area contributed by atoms with Crippen LogP contribution in [0.3, 0.4) is 0 Å². The Morgan fingerprint density at radius 1 is 1.21 bits per heavy atom. The predicted molar refractivity (Wildman–Crippen MR) is 92.5 cm³/mol. The number of ether oxygens (including phenoxy) is 2. The van der Waals surface area contributed by atoms with Gasteiger partial charge in [-0.15, -0.1) is 0 Å². The van der Waals surface area contributed by atoms with E-state index in [0.29, 0.717) is 23.6 Å². The molecule has 0 spiro atoms. The number of hydrogen-bond acceptors (Lipinski definition) is 5. The van der Waals surface area contributed by atoms with Gasteiger partial charge in [-0.25, -0.2) is 0 Å². The summed E-state index contributed by atoms with van der Waals surface area (Å²) in [6.07, 6.45) is 3.19. The number of likely N-dealkylation sites (N-methyl/N-ethyl adjacent to an activating group) is 1. The third-order valence-corrected chi connectivity index (χ3v) is 3.80. The van der Waals surface area contributed by atoms with Gasteiger partial charge >= 0.3 is 0 Å². The first-order chi connectivity index (χ1) is 11.6. The number of amides is 1. The number of carbonyl (C=O) groups excluding carboxylic acids is 1. The molecule has 1 amide bonds. The van der Waals surface area contributed by atoms with Gasteiger partial charge in [-0.05, 0) is 43.9 Å². The minimum absolute atomic E-state index is 0.00503. The van der Waals surface area contributed by atoms with Crippen molar-refractivity contribution in [2.45, 2.75) is 6.04 Å². The van der Waals surface area contributed by atoms with Crippen LogP contribution < -0.4 is 14.8 Å². The SMILES string of the molecule is COc1ccc(C(CNC(=O)c2cccnc2)N(C)C)cc1OC. The first kappa shape index (κ1) is 17.7. The minimum Gasteiger partial charge on any atom is -0.493 e. The van der Waals surface area contributed by atoms with Crippen molar-refractivity contribution >= 4 is 5.91 Å². The van der Waals surface area contributed by atoms with Gasteiger partial charge in [0.2, 0.25) is 0 Å². The number of nitrogens with zero attached hydrogens (tertiary/aromatic N) is 2. The van der Waals surface area contributed by atoms with Gasteiger partial charge in [0.15, 0.2) is 11.5 Å². The molecule has 6 nitrogen and oxygen atoms in total. The number of carbonyl (C=O) groups is 1. The first-order valence-electron chi connectivity index (χ1n) is 7.63. The molecule has 0 aliphatic rings. The lowest BCUT2D eigenvalue weighted by Crippen LogP contribution is -2.34. The lowest BCUT2D eigenvalue weighted by molar-refractivity contribution is 0.0941. The smallest absolute Gasteiger partial charge is 0.252 e. The Morgan fingerprint density at radius 2 is 1.96 bits per heavy atom. The van der Waals surface area contributed by atoms with E-state index in [9.17, 15) is 4.79 Å². The molecule has 24 heavy (non-hydrogen) atoms. The van der Waals surface area contributed by atoms with Gasteiger partial charge in [0.05, 0.1) is 25.8 Å². The average Bonchev–Trinajstić information content (AvgIpc) is 2.61. The van der Waals surface area contributed by atoms with Crippen molar-refractivity contribution in [2.24, 2.45) is 0 Å². The number of rotatable bonds is 7. The zero-order chi connectivity index (χ0) is 17.5. The summed E-state index contributed by atoms with van der Waals surface area (Å²) in [5, 5.41) is 2.95. The Bertz CT molecular complexity index is 674. The summed E-state index contributed by atoms with van der Waals surface area (Å²) in [7, 11) is 7.15. The van der Waals surface area contributed by atoms with E-state index in [1.165, 1.54) is 0 Å². The summed E-state index contributed by atoms with van der Waals surface area (Å²) < 4.78 is 10.6. The number of aromatic nitrogens is 1. The molecular formula is C18H23N3O3. The number of methoxy groups -OCH3 is 2. The lowest BCUT2D eigenvalue weighted by atomic mass is 10.0. The highest BCUT2D eigenvalue weighted by Crippen LogP contribution is 2.31. The maximum Gasteiger partial charge on any atom is 0.252 e. The van der Waals surface area contributed by atoms with Crippen molar-refractivity contribution in [3.63, 3.8) is 0 Å². The molecule has 0 saturated heterocycles. The van der Waals surface area contributed by atoms with E-state index < -0.39 is 0 Å². The van der Waals surface area contributed by atoms with Crippen LogP contribution in [0.15, 0.2) is 42.7 Å². The van der Waals surface area contributed by atoms with Crippen LogP contribution in [0.4, 0.5) is 0 Å². The molecule has 128 valence electrons. The van der Waals surface area contributed by atoms with E-state index in [1.807, 2.05) is 37.2 Å². The molecule has 6 heteroatoms. The lowest BCUT2D eigenvalue weighted by Gasteiger charge is -2.25. The summed E-state index contributed by atoms with van der Waals surface area (Å²) in [4.78, 5) is 18.2. The van der Waals surface area contributed by atoms with Crippen molar-refractivity contribution in [1.29, 1.82) is 0 Å². The highest BCUT2D eigenvalue weighted by Gasteiger charge is 2.18. The van der Waals surface area contributed by atoms with Crippen molar-refractivity contribution in [2.75, 3.05) is 34.9 Å². The summed E-state index contributed by atoms with van der Waals surface area (Å²) in [5.74, 6) is 1.20. The molecule has 1 aromatic heterocycles. The highest BCUT2D eigenvalue weighted by molar-refractivity contribution is 5.93. The van der Waals surface area contributed by atoms with Crippen molar-refractivity contribution in [3.8, 4) is 11.5 Å². The fraction of sp³-hybridized carbons (Fsp3) is 0.333. The van der Waals surface area contributed by atoms with Gasteiger partial charge in [-0.2, -0.15) is 0 Å². The number of hydrogen-bond donors (Lipinski definition) is 1. The van der Waals surface area contributed by atoms with Crippen LogP contribution in [0.1, 0.15) is 22.0 Å². The number of benzene rings is 1. The van der Waals surface area contributed by atoms with Crippen LogP contribution in [0.2, 0.25) is 0 Å². The molecule has 1 aromatic carbocycles. The molecule has 2 rings (SSSR count). The zero-order valence-electron chi connectivity index (χ0n) is 14.4. The fourth-order valence-electron chi connectivity index (χ4n) is 2.45. The Labute approximate surface area is 142 Å². The van der Waals surface area contributed by atoms with E-state index in [4.69, 9.17) is 9.47 Å². The molecule has 0 aliphatic heterocycles. The van der Waals surface area contributed by atoms with Gasteiger partial charge < -0.3 is 19.7 Å². The van der Waals surface area contributed by atoms with Crippen LogP contribution in [-0.2, 0) is 0 Å². The molecule has 1 unspecified atom stereocenters. The normalized spacial score (nSPS) is 11.9. The molecule has 2 aromatic rings. The maximum absolute atomic E-state index is 12.2. The standard InChI is InChI=1S/C18H23N3O3/c1-21(2)15(12-20-18(22)14-6-5-9-19-11-14)13-7-8-16(23-3)17(10-13)24-4/h5-11,15H,12H2,1-4H3,(H,20,22). The Kier molecular flexibility index (Phi) is 6.14. The second-order valence-corrected chi connectivity index (χ2v) is 5.55. The first-order valence-corrected chi connectivity index (χ1v) is 7.63. The summed E-state index contributed by atoms with van der Waals surface area (Å²) in [6, 6.07) is 9.26. The molecule has 0 bridgehead atoms. The molecule has 1 N–H and O–H groups in total. The average molecular weight is 329 g/mol. The molecule has 1 heterocycles. The number of pyridine rings is 1. The third-order valence-electron chi connectivity index (χ3n) is 3.80. The quantitative estimate of drug-likeness (QED) is 0.843. The van der Waals surface area contributed by atoms with Gasteiger partial charge in [0.25, 0.3) is 5.91 Å². The van der Waals surface area contributed by atoms with Gasteiger partial charge in [-0.1, -0.05) is 6.07 Å². The highest BCUT2D eigenvalue weighted by atomic mass is 16.5. The summed E-state index contributed by atoms with van der Waals surface area (Å²) >= 11 is 0. The Morgan fingerprint density at radius 3 is 2.54 bits per heavy atom. The summed E-state index contributed by atoms with van der Waals surface area (Å²) in [6.45, 7) is 0.468. The van der Waals surface area contributed by atoms with E-state index in [0.717, 1.165) is 5.56 Å². The van der Waals surface area contributed by atoms with Crippen molar-refractivity contribution < 1.29 is 14.3 Å². The van der Waals surface area contributed by atoms with Crippen LogP contribution >= 0.6 is 0 Å². The van der Waals surface area contributed by atoms with Crippen molar-refractivity contribution in [3.05, 3.63) is 53.9 Å². The van der Waals surface area contributed by atoms with Gasteiger partial charge in [-0.3, -0.25) is 9.78 Å². The Hall–Kier alpha value is -2.60. The minimum atomic E-state index is -0.143. The molecule has 0 saturated carbocycles. The van der Waals surface area contributed by atoms with E-state index in [-0.39, 0.29) is 11.9 Å². The van der Waals surface area contributed by atoms with Crippen molar-refractivity contribution in [1.82, 2.24) is 15.2 Å². The van der Waals surface area contributed by atoms with Crippen LogP contribution in [0.25, 0.3) is 0 Å². The molecule has 0 radical (unpaired) electrons. The van der Waals surface area contributed by atoms with Gasteiger partial charge in [0, 0.05) is 18.9 Å². The second kappa shape index (κ2) is 8.31. The second-order valence-electron chi connectivity index (χ2n) is 5.55. The monoisotopic (exact) mass is 329 g/mol. The number of nitrogens with one attached hydrogen (secondary N) is 1. The Balaban J connectivity index is 2.14. The molecule has 1 atom stereocenters. The predicted octanol–water partition coefficient (Wildman–Crippen LogP) is 2.13. The van der Waals surface area contributed by atoms with E-state index in [1.54, 1.807) is 38.7 Å². The van der Waals surface area contributed by atoms with Gasteiger partial charge in [0.1, 0.15) is 0 Å². The largest absolute Gasteiger partial charge is 0.493 e. The fourth-order valence-corrected chi connectivity index (χ4v) is 2.45. The van der Waals surface area contributed by atoms with E-state index >= 15 is 0 Å². The molecule has 0 fully saturated rings. The molecular weight excluding hydrogens is 306 g/mol. The third kappa shape index (κ3) is 4.23. The topological polar surface area (TPSA) is 63.7 Å². The summed E-state index contributed by atoms with van der Waals surface area (Å²) in [5.41, 5.74) is 1.58. The van der Waals surface area contributed by atoms with Crippen LogP contribution in [0.5, 0.6) is 11.5 Å². The zero-order valence-corrected chi connectivity index (χ0v) is 14.4. The van der Waals surface area contributed by atoms with Crippen LogP contribution in [0, 0.1) is 0 Å². The maximum atomic E-state index is 12.2. The van der Waals surface area contributed by atoms with Crippen LogP contribution in [-0.4, -0.2) is 50.7 Å². The van der Waals surface area contributed by atoms with E-state index in [2.05, 4.69) is 10.3 Å². The molecule has 0 aliphatic carbocycles.